The Bertz CT molecular complexity index is 1050. The molecule has 6 heteroatoms. The number of epoxide rings is 1. The number of hydrogen-bond donors (Lipinski definition) is 0. The van der Waals surface area contributed by atoms with Gasteiger partial charge >= 0.3 is 0 Å². The van der Waals surface area contributed by atoms with E-state index in [0.717, 1.165) is 5.56 Å². The third-order valence-corrected chi connectivity index (χ3v) is 6.22. The first-order chi connectivity index (χ1) is 13.6. The summed E-state index contributed by atoms with van der Waals surface area (Å²) in [4.78, 5) is 0.224. The van der Waals surface area contributed by atoms with Gasteiger partial charge in [0, 0.05) is 0 Å². The molecule has 0 bridgehead atoms. The van der Waals surface area contributed by atoms with Crippen LogP contribution in [0.25, 0.3) is 0 Å². The Morgan fingerprint density at radius 3 is 2.29 bits per heavy atom. The van der Waals surface area contributed by atoms with E-state index in [1.807, 2.05) is 31.2 Å². The van der Waals surface area contributed by atoms with Crippen LogP contribution in [-0.4, -0.2) is 27.7 Å². The van der Waals surface area contributed by atoms with E-state index in [2.05, 4.69) is 0 Å². The molecule has 144 valence electrons. The molecule has 4 rings (SSSR count). The minimum absolute atomic E-state index is 0.0759. The second-order valence-electron chi connectivity index (χ2n) is 6.65. The van der Waals surface area contributed by atoms with Gasteiger partial charge < -0.3 is 9.47 Å². The van der Waals surface area contributed by atoms with Crippen molar-refractivity contribution in [2.45, 2.75) is 17.9 Å². The molecule has 3 aromatic carbocycles. The summed E-state index contributed by atoms with van der Waals surface area (Å²) in [5, 5.41) is 0. The van der Waals surface area contributed by atoms with Gasteiger partial charge in [-0.1, -0.05) is 48.0 Å². The Balaban J connectivity index is 1.82. The van der Waals surface area contributed by atoms with Crippen LogP contribution in [0.3, 0.4) is 0 Å². The van der Waals surface area contributed by atoms with E-state index in [1.54, 1.807) is 54.6 Å². The van der Waals surface area contributed by atoms with Gasteiger partial charge in [-0.15, -0.1) is 0 Å². The molecule has 28 heavy (non-hydrogen) atoms. The van der Waals surface area contributed by atoms with Crippen molar-refractivity contribution < 1.29 is 17.9 Å². The predicted molar refractivity (Wildman–Crippen MR) is 109 cm³/mol. The minimum atomic E-state index is -3.85. The van der Waals surface area contributed by atoms with Crippen LogP contribution in [0.15, 0.2) is 83.8 Å². The van der Waals surface area contributed by atoms with Crippen molar-refractivity contribution in [1.82, 2.24) is 0 Å². The Labute approximate surface area is 165 Å². The number of hydrogen-bond acceptors (Lipinski definition) is 4. The maximum absolute atomic E-state index is 13.6. The highest BCUT2D eigenvalue weighted by Crippen LogP contribution is 2.38. The van der Waals surface area contributed by atoms with Gasteiger partial charge in [-0.3, -0.25) is 0 Å². The van der Waals surface area contributed by atoms with Crippen molar-refractivity contribution in [2.24, 2.45) is 0 Å². The van der Waals surface area contributed by atoms with E-state index in [-0.39, 0.29) is 11.0 Å². The zero-order valence-corrected chi connectivity index (χ0v) is 16.3. The number of anilines is 2. The first-order valence-corrected chi connectivity index (χ1v) is 10.5. The molecule has 0 saturated carbocycles. The fraction of sp³-hybridized carbons (Fsp3) is 0.182. The van der Waals surface area contributed by atoms with E-state index >= 15 is 0 Å². The number of nitrogens with zero attached hydrogens (tertiary/aromatic N) is 1. The summed E-state index contributed by atoms with van der Waals surface area (Å²) in [6, 6.07) is 23.0. The summed E-state index contributed by atoms with van der Waals surface area (Å²) in [5.41, 5.74) is 2.01. The lowest BCUT2D eigenvalue weighted by atomic mass is 10.2. The molecule has 1 heterocycles. The maximum atomic E-state index is 13.6. The summed E-state index contributed by atoms with van der Waals surface area (Å²) in [7, 11) is -3.85. The molecule has 0 aromatic heterocycles. The summed E-state index contributed by atoms with van der Waals surface area (Å²) in [6.45, 7) is 2.99. The molecule has 1 aliphatic rings. The maximum Gasteiger partial charge on any atom is 0.268 e. The third-order valence-electron chi connectivity index (χ3n) is 4.46. The van der Waals surface area contributed by atoms with Crippen molar-refractivity contribution in [3.05, 3.63) is 84.4 Å². The van der Waals surface area contributed by atoms with Gasteiger partial charge in [-0.25, -0.2) is 12.7 Å². The molecule has 1 unspecified atom stereocenters. The monoisotopic (exact) mass is 395 g/mol. The first kappa shape index (κ1) is 18.5. The van der Waals surface area contributed by atoms with Crippen molar-refractivity contribution in [1.29, 1.82) is 0 Å². The van der Waals surface area contributed by atoms with Crippen LogP contribution in [0.2, 0.25) is 0 Å². The number of sulfonamides is 1. The molecule has 0 aliphatic carbocycles. The van der Waals surface area contributed by atoms with Crippen LogP contribution >= 0.6 is 0 Å². The topological polar surface area (TPSA) is 59.1 Å². The second-order valence-corrected chi connectivity index (χ2v) is 8.44. The Kier molecular flexibility index (Phi) is 5.07. The van der Waals surface area contributed by atoms with Crippen LogP contribution in [-0.2, 0) is 14.8 Å². The zero-order chi connectivity index (χ0) is 19.6. The van der Waals surface area contributed by atoms with E-state index < -0.39 is 10.0 Å². The number of ether oxygens (including phenoxy) is 2. The molecule has 1 saturated heterocycles. The van der Waals surface area contributed by atoms with Crippen LogP contribution in [0, 0.1) is 6.92 Å². The molecule has 3 aromatic rings. The number of rotatable bonds is 7. The Morgan fingerprint density at radius 1 is 0.964 bits per heavy atom. The fourth-order valence-electron chi connectivity index (χ4n) is 2.88. The lowest BCUT2D eigenvalue weighted by Gasteiger charge is -2.26. The third kappa shape index (κ3) is 3.88. The molecular weight excluding hydrogens is 374 g/mol. The van der Waals surface area contributed by atoms with Gasteiger partial charge in [0.25, 0.3) is 10.0 Å². The van der Waals surface area contributed by atoms with E-state index in [9.17, 15) is 8.42 Å². The van der Waals surface area contributed by atoms with E-state index in [4.69, 9.17) is 9.47 Å². The smallest absolute Gasteiger partial charge is 0.268 e. The number of aryl methyl sites for hydroxylation is 1. The van der Waals surface area contributed by atoms with E-state index in [0.29, 0.717) is 30.3 Å². The van der Waals surface area contributed by atoms with Crippen molar-refractivity contribution in [3.63, 3.8) is 0 Å². The van der Waals surface area contributed by atoms with Gasteiger partial charge in [0.05, 0.1) is 22.9 Å². The number of benzene rings is 3. The SMILES string of the molecule is Cc1ccc(S(=O)(=O)N(c2ccccc2)c2ccccc2OCC2CO2)cc1. The fourth-order valence-corrected chi connectivity index (χ4v) is 4.38. The molecule has 5 nitrogen and oxygen atoms in total. The Hall–Kier alpha value is -2.83. The lowest BCUT2D eigenvalue weighted by molar-refractivity contribution is 0.264. The summed E-state index contributed by atoms with van der Waals surface area (Å²) in [5.74, 6) is 0.498. The highest BCUT2D eigenvalue weighted by Gasteiger charge is 2.30. The van der Waals surface area contributed by atoms with Gasteiger partial charge in [-0.2, -0.15) is 0 Å². The zero-order valence-electron chi connectivity index (χ0n) is 15.5. The summed E-state index contributed by atoms with van der Waals surface area (Å²) in [6.07, 6.45) is 0.0759. The highest BCUT2D eigenvalue weighted by atomic mass is 32.2. The van der Waals surface area contributed by atoms with Crippen LogP contribution in [0.1, 0.15) is 5.56 Å². The molecule has 0 N–H and O–H groups in total. The molecule has 1 atom stereocenters. The average Bonchev–Trinajstić information content (AvgIpc) is 3.53. The van der Waals surface area contributed by atoms with Crippen LogP contribution < -0.4 is 9.04 Å². The standard InChI is InChI=1S/C22H21NO4S/c1-17-11-13-20(14-12-17)28(24,25)23(18-7-3-2-4-8-18)21-9-5-6-10-22(21)27-16-19-15-26-19/h2-14,19H,15-16H2,1H3. The normalized spacial score (nSPS) is 15.8. The van der Waals surface area contributed by atoms with Crippen LogP contribution in [0.4, 0.5) is 11.4 Å². The molecule has 1 aliphatic heterocycles. The van der Waals surface area contributed by atoms with Crippen LogP contribution in [0.5, 0.6) is 5.75 Å². The summed E-state index contributed by atoms with van der Waals surface area (Å²) < 4.78 is 39.6. The molecule has 0 amide bonds. The molecule has 1 fully saturated rings. The lowest BCUT2D eigenvalue weighted by Crippen LogP contribution is -2.27. The van der Waals surface area contributed by atoms with Crippen molar-refractivity contribution in [2.75, 3.05) is 17.5 Å². The van der Waals surface area contributed by atoms with Gasteiger partial charge in [0.2, 0.25) is 0 Å². The quantitative estimate of drug-likeness (QED) is 0.560. The first-order valence-electron chi connectivity index (χ1n) is 9.06. The predicted octanol–water partition coefficient (Wildman–Crippen LogP) is 4.30. The van der Waals surface area contributed by atoms with Gasteiger partial charge in [0.15, 0.2) is 0 Å². The molecular formula is C22H21NO4S. The van der Waals surface area contributed by atoms with E-state index in [1.165, 1.54) is 4.31 Å². The number of para-hydroxylation sites is 3. The van der Waals surface area contributed by atoms with Crippen molar-refractivity contribution >= 4 is 21.4 Å². The Morgan fingerprint density at radius 2 is 1.61 bits per heavy atom. The largest absolute Gasteiger partial charge is 0.489 e. The summed E-state index contributed by atoms with van der Waals surface area (Å²) >= 11 is 0. The van der Waals surface area contributed by atoms with Gasteiger partial charge in [0.1, 0.15) is 18.5 Å². The highest BCUT2D eigenvalue weighted by molar-refractivity contribution is 7.93. The molecule has 0 radical (unpaired) electrons. The minimum Gasteiger partial charge on any atom is -0.489 e. The van der Waals surface area contributed by atoms with Gasteiger partial charge in [-0.05, 0) is 43.3 Å². The van der Waals surface area contributed by atoms with Crippen molar-refractivity contribution in [3.8, 4) is 5.75 Å². The molecule has 0 spiro atoms. The second kappa shape index (κ2) is 7.66. The average molecular weight is 395 g/mol.